The molecule has 0 bridgehead atoms. The number of benzene rings is 1. The molecule has 7 heteroatoms. The first-order chi connectivity index (χ1) is 11.1. The second-order valence-electron chi connectivity index (χ2n) is 5.51. The zero-order valence-corrected chi connectivity index (χ0v) is 13.9. The molecular formula is C16H22ClN3O3. The number of ether oxygens (including phenoxy) is 1. The number of rotatable bonds is 5. The van der Waals surface area contributed by atoms with Gasteiger partial charge >= 0.3 is 6.03 Å². The smallest absolute Gasteiger partial charge is 0.321 e. The van der Waals surface area contributed by atoms with Gasteiger partial charge in [-0.25, -0.2) is 4.79 Å². The number of urea groups is 1. The lowest BCUT2D eigenvalue weighted by atomic mass is 9.97. The molecule has 126 valence electrons. The van der Waals surface area contributed by atoms with Gasteiger partial charge in [-0.3, -0.25) is 4.79 Å². The third-order valence-electron chi connectivity index (χ3n) is 3.78. The molecule has 0 spiro atoms. The average molecular weight is 340 g/mol. The minimum atomic E-state index is -0.193. The third-order valence-corrected chi connectivity index (χ3v) is 4.03. The van der Waals surface area contributed by atoms with E-state index in [4.69, 9.17) is 16.3 Å². The molecule has 0 aliphatic carbocycles. The quantitative estimate of drug-likeness (QED) is 0.809. The van der Waals surface area contributed by atoms with Gasteiger partial charge in [0, 0.05) is 37.5 Å². The van der Waals surface area contributed by atoms with Crippen LogP contribution < -0.4 is 10.6 Å². The van der Waals surface area contributed by atoms with Crippen molar-refractivity contribution in [1.82, 2.24) is 10.2 Å². The van der Waals surface area contributed by atoms with Gasteiger partial charge in [0.05, 0.1) is 12.5 Å². The van der Waals surface area contributed by atoms with E-state index in [0.717, 1.165) is 12.8 Å². The first kappa shape index (κ1) is 17.6. The number of nitrogens with one attached hydrogen (secondary N) is 2. The number of piperidine rings is 1. The number of halogens is 1. The van der Waals surface area contributed by atoms with Crippen LogP contribution in [0.4, 0.5) is 10.5 Å². The topological polar surface area (TPSA) is 70.7 Å². The number of carbonyl (C=O) groups excluding carboxylic acids is 2. The Labute approximate surface area is 141 Å². The van der Waals surface area contributed by atoms with E-state index in [9.17, 15) is 9.59 Å². The summed E-state index contributed by atoms with van der Waals surface area (Å²) in [6, 6.07) is 6.75. The van der Waals surface area contributed by atoms with Crippen LogP contribution in [0.1, 0.15) is 12.8 Å². The molecule has 1 atom stereocenters. The Morgan fingerprint density at radius 3 is 2.78 bits per heavy atom. The van der Waals surface area contributed by atoms with Gasteiger partial charge in [0.2, 0.25) is 5.91 Å². The van der Waals surface area contributed by atoms with Crippen LogP contribution in [0.25, 0.3) is 0 Å². The van der Waals surface area contributed by atoms with Crippen LogP contribution in [0.5, 0.6) is 0 Å². The normalized spacial score (nSPS) is 17.7. The summed E-state index contributed by atoms with van der Waals surface area (Å²) in [7, 11) is 1.59. The van der Waals surface area contributed by atoms with Gasteiger partial charge < -0.3 is 20.3 Å². The highest BCUT2D eigenvalue weighted by Gasteiger charge is 2.28. The van der Waals surface area contributed by atoms with E-state index < -0.39 is 0 Å². The minimum absolute atomic E-state index is 0.0222. The van der Waals surface area contributed by atoms with E-state index in [-0.39, 0.29) is 17.9 Å². The molecule has 1 aliphatic rings. The van der Waals surface area contributed by atoms with E-state index in [1.165, 1.54) is 0 Å². The molecular weight excluding hydrogens is 318 g/mol. The van der Waals surface area contributed by atoms with Crippen molar-refractivity contribution in [2.24, 2.45) is 5.92 Å². The molecule has 6 nitrogen and oxygen atoms in total. The number of likely N-dealkylation sites (tertiary alicyclic amines) is 1. The van der Waals surface area contributed by atoms with Crippen LogP contribution in [0.15, 0.2) is 24.3 Å². The summed E-state index contributed by atoms with van der Waals surface area (Å²) < 4.78 is 4.92. The van der Waals surface area contributed by atoms with Gasteiger partial charge in [0.1, 0.15) is 0 Å². The molecule has 1 aliphatic heterocycles. The van der Waals surface area contributed by atoms with E-state index in [0.29, 0.717) is 37.0 Å². The standard InChI is InChI=1S/C16H22ClN3O3/c1-23-10-8-18-15(21)12-3-2-9-20(11-12)16(22)19-14-6-4-13(17)5-7-14/h4-7,12H,2-3,8-11H2,1H3,(H,18,21)(H,19,22)/t12-/m1/s1. The SMILES string of the molecule is COCCNC(=O)[C@@H]1CCCN(C(=O)Nc2ccc(Cl)cc2)C1. The van der Waals surface area contributed by atoms with Crippen LogP contribution in [0.2, 0.25) is 5.02 Å². The van der Waals surface area contributed by atoms with Crippen molar-refractivity contribution in [3.63, 3.8) is 0 Å². The van der Waals surface area contributed by atoms with Crippen LogP contribution in [0.3, 0.4) is 0 Å². The number of nitrogens with zero attached hydrogens (tertiary/aromatic N) is 1. The van der Waals surface area contributed by atoms with Gasteiger partial charge in [-0.05, 0) is 37.1 Å². The highest BCUT2D eigenvalue weighted by molar-refractivity contribution is 6.30. The summed E-state index contributed by atoms with van der Waals surface area (Å²) in [6.45, 7) is 2.06. The number of hydrogen-bond acceptors (Lipinski definition) is 3. The van der Waals surface area contributed by atoms with Crippen LogP contribution in [-0.2, 0) is 9.53 Å². The lowest BCUT2D eigenvalue weighted by Gasteiger charge is -2.32. The van der Waals surface area contributed by atoms with Crippen molar-refractivity contribution < 1.29 is 14.3 Å². The van der Waals surface area contributed by atoms with Gasteiger partial charge in [-0.2, -0.15) is 0 Å². The maximum Gasteiger partial charge on any atom is 0.321 e. The fourth-order valence-electron chi connectivity index (χ4n) is 2.53. The highest BCUT2D eigenvalue weighted by atomic mass is 35.5. The van der Waals surface area contributed by atoms with Gasteiger partial charge in [-0.15, -0.1) is 0 Å². The second-order valence-corrected chi connectivity index (χ2v) is 5.94. The number of carbonyl (C=O) groups is 2. The van der Waals surface area contributed by atoms with E-state index in [1.807, 2.05) is 0 Å². The summed E-state index contributed by atoms with van der Waals surface area (Å²) in [5.41, 5.74) is 0.686. The predicted octanol–water partition coefficient (Wildman–Crippen LogP) is 2.35. The fraction of sp³-hybridized carbons (Fsp3) is 0.500. The molecule has 0 unspecified atom stereocenters. The van der Waals surface area contributed by atoms with Gasteiger partial charge in [0.15, 0.2) is 0 Å². The zero-order valence-electron chi connectivity index (χ0n) is 13.2. The number of anilines is 1. The summed E-state index contributed by atoms with van der Waals surface area (Å²) in [6.07, 6.45) is 1.61. The first-order valence-corrected chi connectivity index (χ1v) is 8.06. The third kappa shape index (κ3) is 5.41. The molecule has 23 heavy (non-hydrogen) atoms. The lowest BCUT2D eigenvalue weighted by Crippen LogP contribution is -2.47. The van der Waals surface area contributed by atoms with Crippen molar-refractivity contribution in [3.8, 4) is 0 Å². The Morgan fingerprint density at radius 2 is 2.09 bits per heavy atom. The number of hydrogen-bond donors (Lipinski definition) is 2. The molecule has 0 saturated carbocycles. The van der Waals surface area contributed by atoms with E-state index in [2.05, 4.69) is 10.6 Å². The van der Waals surface area contributed by atoms with Crippen molar-refractivity contribution in [2.45, 2.75) is 12.8 Å². The maximum absolute atomic E-state index is 12.3. The fourth-order valence-corrected chi connectivity index (χ4v) is 2.66. The first-order valence-electron chi connectivity index (χ1n) is 7.68. The molecule has 2 rings (SSSR count). The monoisotopic (exact) mass is 339 g/mol. The Bertz CT molecular complexity index is 536. The van der Waals surface area contributed by atoms with Crippen molar-refractivity contribution in [2.75, 3.05) is 38.7 Å². The maximum atomic E-state index is 12.3. The Morgan fingerprint density at radius 1 is 1.35 bits per heavy atom. The Kier molecular flexibility index (Phi) is 6.67. The molecule has 1 aromatic rings. The summed E-state index contributed by atoms with van der Waals surface area (Å²) in [5, 5.41) is 6.28. The molecule has 1 saturated heterocycles. The number of amides is 3. The second kappa shape index (κ2) is 8.74. The average Bonchev–Trinajstić information content (AvgIpc) is 2.57. The Balaban J connectivity index is 1.85. The zero-order chi connectivity index (χ0) is 16.7. The number of methoxy groups -OCH3 is 1. The van der Waals surface area contributed by atoms with Gasteiger partial charge in [-0.1, -0.05) is 11.6 Å². The van der Waals surface area contributed by atoms with Crippen LogP contribution in [0, 0.1) is 5.92 Å². The van der Waals surface area contributed by atoms with Crippen molar-refractivity contribution in [3.05, 3.63) is 29.3 Å². The van der Waals surface area contributed by atoms with E-state index >= 15 is 0 Å². The molecule has 1 aromatic carbocycles. The van der Waals surface area contributed by atoms with Gasteiger partial charge in [0.25, 0.3) is 0 Å². The largest absolute Gasteiger partial charge is 0.383 e. The van der Waals surface area contributed by atoms with Crippen molar-refractivity contribution >= 4 is 29.2 Å². The molecule has 2 N–H and O–H groups in total. The molecule has 0 aromatic heterocycles. The predicted molar refractivity (Wildman–Crippen MR) is 89.7 cm³/mol. The highest BCUT2D eigenvalue weighted by Crippen LogP contribution is 2.19. The molecule has 3 amide bonds. The summed E-state index contributed by atoms with van der Waals surface area (Å²) >= 11 is 5.83. The summed E-state index contributed by atoms with van der Waals surface area (Å²) in [4.78, 5) is 26.1. The Hall–Kier alpha value is -1.79. The molecule has 1 fully saturated rings. The minimum Gasteiger partial charge on any atom is -0.383 e. The van der Waals surface area contributed by atoms with Crippen LogP contribution >= 0.6 is 11.6 Å². The van der Waals surface area contributed by atoms with Crippen LogP contribution in [-0.4, -0.2) is 50.2 Å². The van der Waals surface area contributed by atoms with E-state index in [1.54, 1.807) is 36.3 Å². The van der Waals surface area contributed by atoms with Crippen molar-refractivity contribution in [1.29, 1.82) is 0 Å². The lowest BCUT2D eigenvalue weighted by molar-refractivity contribution is -0.126. The molecule has 1 heterocycles. The molecule has 0 radical (unpaired) electrons. The summed E-state index contributed by atoms with van der Waals surface area (Å²) in [5.74, 6) is -0.192.